The summed E-state index contributed by atoms with van der Waals surface area (Å²) < 4.78 is 12.0. The molecule has 0 bridgehead atoms. The number of methoxy groups -OCH3 is 1. The third kappa shape index (κ3) is 3.76. The van der Waals surface area contributed by atoms with Crippen molar-refractivity contribution in [1.29, 1.82) is 0 Å². The smallest absolute Gasteiger partial charge is 0.336 e. The van der Waals surface area contributed by atoms with Gasteiger partial charge in [-0.05, 0) is 53.0 Å². The van der Waals surface area contributed by atoms with Crippen molar-refractivity contribution in [2.24, 2.45) is 0 Å². The molecule has 3 aromatic rings. The molecule has 0 unspecified atom stereocenters. The Morgan fingerprint density at radius 2 is 2.04 bits per heavy atom. The Hall–Kier alpha value is -2.60. The molecular formula is C21H20BrNO4. The predicted molar refractivity (Wildman–Crippen MR) is 109 cm³/mol. The minimum atomic E-state index is -0.983. The summed E-state index contributed by atoms with van der Waals surface area (Å²) in [5.41, 5.74) is 3.13. The van der Waals surface area contributed by atoms with Gasteiger partial charge in [0.25, 0.3) is 0 Å². The SMILES string of the molecule is CCCOc1c(Br)cc(-c2cc(C(=O)O)c3cccc(C)c3n2)cc1OC. The largest absolute Gasteiger partial charge is 0.493 e. The topological polar surface area (TPSA) is 68.7 Å². The van der Waals surface area contributed by atoms with Crippen LogP contribution in [0.3, 0.4) is 0 Å². The second kappa shape index (κ2) is 7.96. The highest BCUT2D eigenvalue weighted by Crippen LogP contribution is 2.40. The van der Waals surface area contributed by atoms with Gasteiger partial charge < -0.3 is 14.6 Å². The number of aromatic nitrogens is 1. The minimum absolute atomic E-state index is 0.222. The van der Waals surface area contributed by atoms with E-state index >= 15 is 0 Å². The molecule has 3 rings (SSSR count). The lowest BCUT2D eigenvalue weighted by Crippen LogP contribution is -2.02. The second-order valence-electron chi connectivity index (χ2n) is 6.17. The number of carbonyl (C=O) groups is 1. The van der Waals surface area contributed by atoms with E-state index in [9.17, 15) is 9.90 Å². The van der Waals surface area contributed by atoms with Crippen LogP contribution in [0.1, 0.15) is 29.3 Å². The molecule has 0 radical (unpaired) electrons. The van der Waals surface area contributed by atoms with Crippen molar-refractivity contribution >= 4 is 32.8 Å². The zero-order valence-electron chi connectivity index (χ0n) is 15.4. The molecule has 0 fully saturated rings. The van der Waals surface area contributed by atoms with Gasteiger partial charge >= 0.3 is 5.97 Å². The molecule has 2 aromatic carbocycles. The number of aryl methyl sites for hydroxylation is 1. The summed E-state index contributed by atoms with van der Waals surface area (Å²) in [7, 11) is 1.57. The number of aromatic carboxylic acids is 1. The highest BCUT2D eigenvalue weighted by atomic mass is 79.9. The van der Waals surface area contributed by atoms with Gasteiger partial charge in [0.2, 0.25) is 0 Å². The fraction of sp³-hybridized carbons (Fsp3) is 0.238. The van der Waals surface area contributed by atoms with E-state index in [-0.39, 0.29) is 5.56 Å². The van der Waals surface area contributed by atoms with E-state index in [1.807, 2.05) is 38.1 Å². The van der Waals surface area contributed by atoms with Crippen LogP contribution in [0, 0.1) is 6.92 Å². The zero-order valence-corrected chi connectivity index (χ0v) is 17.0. The number of carboxylic acid groups (broad SMARTS) is 1. The summed E-state index contributed by atoms with van der Waals surface area (Å²) in [5, 5.41) is 10.3. The minimum Gasteiger partial charge on any atom is -0.493 e. The van der Waals surface area contributed by atoms with Gasteiger partial charge in [0.05, 0.1) is 35.0 Å². The number of para-hydroxylation sites is 1. The van der Waals surface area contributed by atoms with E-state index in [4.69, 9.17) is 14.5 Å². The van der Waals surface area contributed by atoms with Crippen LogP contribution >= 0.6 is 15.9 Å². The van der Waals surface area contributed by atoms with E-state index in [1.165, 1.54) is 0 Å². The van der Waals surface area contributed by atoms with Crippen molar-refractivity contribution in [3.05, 3.63) is 52.0 Å². The van der Waals surface area contributed by atoms with E-state index in [2.05, 4.69) is 15.9 Å². The number of benzene rings is 2. The van der Waals surface area contributed by atoms with Gasteiger partial charge in [0.15, 0.2) is 11.5 Å². The molecule has 0 amide bonds. The number of pyridine rings is 1. The first-order valence-corrected chi connectivity index (χ1v) is 9.40. The lowest BCUT2D eigenvalue weighted by atomic mass is 10.0. The van der Waals surface area contributed by atoms with E-state index in [0.29, 0.717) is 34.7 Å². The molecule has 140 valence electrons. The molecule has 0 aliphatic heterocycles. The van der Waals surface area contributed by atoms with Gasteiger partial charge in [-0.15, -0.1) is 0 Å². The lowest BCUT2D eigenvalue weighted by molar-refractivity contribution is 0.0699. The maximum Gasteiger partial charge on any atom is 0.336 e. The average molecular weight is 430 g/mol. The summed E-state index contributed by atoms with van der Waals surface area (Å²) >= 11 is 3.53. The molecule has 0 saturated heterocycles. The third-order valence-corrected chi connectivity index (χ3v) is 4.84. The van der Waals surface area contributed by atoms with Gasteiger partial charge in [0, 0.05) is 10.9 Å². The quantitative estimate of drug-likeness (QED) is 0.562. The van der Waals surface area contributed by atoms with E-state index < -0.39 is 5.97 Å². The molecule has 1 aromatic heterocycles. The molecular weight excluding hydrogens is 410 g/mol. The Kier molecular flexibility index (Phi) is 5.65. The van der Waals surface area contributed by atoms with Gasteiger partial charge in [0.1, 0.15) is 0 Å². The molecule has 1 heterocycles. The lowest BCUT2D eigenvalue weighted by Gasteiger charge is -2.15. The molecule has 0 saturated carbocycles. The monoisotopic (exact) mass is 429 g/mol. The van der Waals surface area contributed by atoms with Crippen molar-refractivity contribution in [3.8, 4) is 22.8 Å². The second-order valence-corrected chi connectivity index (χ2v) is 7.02. The molecule has 0 atom stereocenters. The Balaban J connectivity index is 2.22. The van der Waals surface area contributed by atoms with Crippen molar-refractivity contribution in [3.63, 3.8) is 0 Å². The van der Waals surface area contributed by atoms with Crippen molar-refractivity contribution in [1.82, 2.24) is 4.98 Å². The summed E-state index contributed by atoms with van der Waals surface area (Å²) in [6, 6.07) is 10.8. The maximum atomic E-state index is 11.8. The highest BCUT2D eigenvalue weighted by molar-refractivity contribution is 9.10. The number of rotatable bonds is 6. The number of fused-ring (bicyclic) bond motifs is 1. The molecule has 1 N–H and O–H groups in total. The van der Waals surface area contributed by atoms with Gasteiger partial charge in [-0.25, -0.2) is 9.78 Å². The Morgan fingerprint density at radius 3 is 2.70 bits per heavy atom. The van der Waals surface area contributed by atoms with Crippen LogP contribution < -0.4 is 9.47 Å². The van der Waals surface area contributed by atoms with Crippen molar-refractivity contribution in [2.75, 3.05) is 13.7 Å². The summed E-state index contributed by atoms with van der Waals surface area (Å²) in [4.78, 5) is 16.5. The van der Waals surface area contributed by atoms with E-state index in [1.54, 1.807) is 19.2 Å². The van der Waals surface area contributed by atoms with Crippen LogP contribution in [-0.4, -0.2) is 29.8 Å². The van der Waals surface area contributed by atoms with Crippen LogP contribution in [0.25, 0.3) is 22.2 Å². The number of nitrogens with zero attached hydrogens (tertiary/aromatic N) is 1. The molecule has 0 aliphatic carbocycles. The molecule has 27 heavy (non-hydrogen) atoms. The maximum absolute atomic E-state index is 11.8. The van der Waals surface area contributed by atoms with Crippen molar-refractivity contribution < 1.29 is 19.4 Å². The van der Waals surface area contributed by atoms with Crippen LogP contribution in [-0.2, 0) is 0 Å². The molecule has 0 spiro atoms. The third-order valence-electron chi connectivity index (χ3n) is 4.25. The first-order valence-electron chi connectivity index (χ1n) is 8.60. The Labute approximate surface area is 166 Å². The molecule has 0 aliphatic rings. The number of carboxylic acids is 1. The van der Waals surface area contributed by atoms with Crippen LogP contribution in [0.15, 0.2) is 40.9 Å². The normalized spacial score (nSPS) is 10.8. The van der Waals surface area contributed by atoms with E-state index in [0.717, 1.165) is 22.0 Å². The molecule has 5 nitrogen and oxygen atoms in total. The Bertz CT molecular complexity index is 1020. The van der Waals surface area contributed by atoms with Crippen LogP contribution in [0.5, 0.6) is 11.5 Å². The molecule has 6 heteroatoms. The summed E-state index contributed by atoms with van der Waals surface area (Å²) in [5.74, 6) is 0.207. The standard InChI is InChI=1S/C21H20BrNO4/c1-4-8-27-20-16(22)9-13(10-18(20)26-3)17-11-15(21(24)25)14-7-5-6-12(2)19(14)23-17/h5-7,9-11H,4,8H2,1-3H3,(H,24,25). The zero-order chi connectivity index (χ0) is 19.6. The summed E-state index contributed by atoms with van der Waals surface area (Å²) in [6.45, 7) is 4.53. The summed E-state index contributed by atoms with van der Waals surface area (Å²) in [6.07, 6.45) is 0.880. The van der Waals surface area contributed by atoms with Gasteiger partial charge in [-0.1, -0.05) is 25.1 Å². The van der Waals surface area contributed by atoms with Gasteiger partial charge in [-0.2, -0.15) is 0 Å². The van der Waals surface area contributed by atoms with Crippen LogP contribution in [0.2, 0.25) is 0 Å². The van der Waals surface area contributed by atoms with Crippen LogP contribution in [0.4, 0.5) is 0 Å². The first kappa shape index (κ1) is 19.2. The number of ether oxygens (including phenoxy) is 2. The van der Waals surface area contributed by atoms with Crippen molar-refractivity contribution in [2.45, 2.75) is 20.3 Å². The number of hydrogen-bond acceptors (Lipinski definition) is 4. The highest BCUT2D eigenvalue weighted by Gasteiger charge is 2.17. The number of hydrogen-bond donors (Lipinski definition) is 1. The fourth-order valence-corrected chi connectivity index (χ4v) is 3.49. The number of halogens is 1. The average Bonchev–Trinajstić information content (AvgIpc) is 2.66. The first-order chi connectivity index (χ1) is 13.0. The predicted octanol–water partition coefficient (Wildman–Crippen LogP) is 5.47. The Morgan fingerprint density at radius 1 is 1.26 bits per heavy atom. The fourth-order valence-electron chi connectivity index (χ4n) is 2.93. The van der Waals surface area contributed by atoms with Gasteiger partial charge in [-0.3, -0.25) is 0 Å².